The first-order chi connectivity index (χ1) is 10.6. The number of carbonyl (C=O) groups excluding carboxylic acids is 2. The standard InChI is InChI=1S/C15H17N3O2S2/c1-21-11-6-4-10(5-7-11)17-14(19)9-12(18-15(16)20)13-3-2-8-22-13/h2-8,12H,9H2,1H3,(H,17,19)(H3,16,18,20). The number of hydrogen-bond acceptors (Lipinski definition) is 4. The normalized spacial score (nSPS) is 11.7. The largest absolute Gasteiger partial charge is 0.352 e. The average molecular weight is 335 g/mol. The van der Waals surface area contributed by atoms with Crippen LogP contribution in [0.4, 0.5) is 10.5 Å². The van der Waals surface area contributed by atoms with E-state index in [0.29, 0.717) is 0 Å². The van der Waals surface area contributed by atoms with Gasteiger partial charge in [-0.1, -0.05) is 6.07 Å². The number of nitrogens with two attached hydrogens (primary N) is 1. The van der Waals surface area contributed by atoms with Crippen molar-refractivity contribution in [3.63, 3.8) is 0 Å². The number of anilines is 1. The van der Waals surface area contributed by atoms with E-state index in [2.05, 4.69) is 10.6 Å². The number of rotatable bonds is 6. The molecular formula is C15H17N3O2S2. The third kappa shape index (κ3) is 4.78. The molecular weight excluding hydrogens is 318 g/mol. The van der Waals surface area contributed by atoms with Gasteiger partial charge in [0.05, 0.1) is 12.5 Å². The summed E-state index contributed by atoms with van der Waals surface area (Å²) in [5, 5.41) is 7.32. The monoisotopic (exact) mass is 335 g/mol. The lowest BCUT2D eigenvalue weighted by molar-refractivity contribution is -0.116. The van der Waals surface area contributed by atoms with Crippen LogP contribution in [-0.4, -0.2) is 18.2 Å². The number of benzene rings is 1. The van der Waals surface area contributed by atoms with Gasteiger partial charge in [0.1, 0.15) is 0 Å². The van der Waals surface area contributed by atoms with Gasteiger partial charge in [0.2, 0.25) is 5.91 Å². The first-order valence-corrected chi connectivity index (χ1v) is 8.72. The molecule has 5 nitrogen and oxygen atoms in total. The average Bonchev–Trinajstić information content (AvgIpc) is 3.01. The van der Waals surface area contributed by atoms with Gasteiger partial charge >= 0.3 is 6.03 Å². The Morgan fingerprint density at radius 3 is 2.55 bits per heavy atom. The number of primary amides is 1. The SMILES string of the molecule is CSc1ccc(NC(=O)CC(NC(N)=O)c2cccs2)cc1. The highest BCUT2D eigenvalue weighted by Gasteiger charge is 2.18. The molecule has 7 heteroatoms. The Hall–Kier alpha value is -1.99. The highest BCUT2D eigenvalue weighted by Crippen LogP contribution is 2.23. The lowest BCUT2D eigenvalue weighted by Crippen LogP contribution is -2.34. The highest BCUT2D eigenvalue weighted by atomic mass is 32.2. The lowest BCUT2D eigenvalue weighted by Gasteiger charge is -2.16. The summed E-state index contributed by atoms with van der Waals surface area (Å²) in [6.45, 7) is 0. The second kappa shape index (κ2) is 7.86. The molecule has 0 saturated carbocycles. The van der Waals surface area contributed by atoms with Gasteiger partial charge in [-0.05, 0) is 42.0 Å². The van der Waals surface area contributed by atoms with Crippen molar-refractivity contribution in [1.29, 1.82) is 0 Å². The first kappa shape index (κ1) is 16.4. The van der Waals surface area contributed by atoms with Crippen LogP contribution in [0.2, 0.25) is 0 Å². The molecule has 0 aliphatic rings. The minimum Gasteiger partial charge on any atom is -0.352 e. The Balaban J connectivity index is 1.99. The summed E-state index contributed by atoms with van der Waals surface area (Å²) >= 11 is 3.11. The molecule has 0 aliphatic heterocycles. The predicted octanol–water partition coefficient (Wildman–Crippen LogP) is 3.21. The Bertz CT molecular complexity index is 627. The molecule has 0 radical (unpaired) electrons. The number of thiophene rings is 1. The van der Waals surface area contributed by atoms with Crippen LogP contribution in [0.1, 0.15) is 17.3 Å². The predicted molar refractivity (Wildman–Crippen MR) is 91.2 cm³/mol. The molecule has 1 atom stereocenters. The molecule has 0 aliphatic carbocycles. The molecule has 1 aromatic heterocycles. The number of hydrogen-bond donors (Lipinski definition) is 3. The quantitative estimate of drug-likeness (QED) is 0.709. The molecule has 2 rings (SSSR count). The summed E-state index contributed by atoms with van der Waals surface area (Å²) in [6.07, 6.45) is 2.13. The maximum absolute atomic E-state index is 12.2. The second-order valence-electron chi connectivity index (χ2n) is 4.56. The van der Waals surface area contributed by atoms with Crippen molar-refractivity contribution in [2.75, 3.05) is 11.6 Å². The zero-order chi connectivity index (χ0) is 15.9. The van der Waals surface area contributed by atoms with Gasteiger partial charge in [0.15, 0.2) is 0 Å². The van der Waals surface area contributed by atoms with Crippen LogP contribution in [0.25, 0.3) is 0 Å². The van der Waals surface area contributed by atoms with Crippen molar-refractivity contribution < 1.29 is 9.59 Å². The van der Waals surface area contributed by atoms with Crippen molar-refractivity contribution in [2.45, 2.75) is 17.4 Å². The van der Waals surface area contributed by atoms with Crippen molar-refractivity contribution in [1.82, 2.24) is 5.32 Å². The van der Waals surface area contributed by atoms with Crippen LogP contribution in [-0.2, 0) is 4.79 Å². The summed E-state index contributed by atoms with van der Waals surface area (Å²) in [7, 11) is 0. The van der Waals surface area contributed by atoms with Gasteiger partial charge in [-0.2, -0.15) is 0 Å². The van der Waals surface area contributed by atoms with E-state index >= 15 is 0 Å². The van der Waals surface area contributed by atoms with E-state index in [-0.39, 0.29) is 12.3 Å². The van der Waals surface area contributed by atoms with Gasteiger partial charge in [-0.25, -0.2) is 4.79 Å². The van der Waals surface area contributed by atoms with Crippen molar-refractivity contribution in [3.8, 4) is 0 Å². The van der Waals surface area contributed by atoms with Gasteiger partial charge < -0.3 is 16.4 Å². The van der Waals surface area contributed by atoms with E-state index in [1.54, 1.807) is 11.8 Å². The molecule has 116 valence electrons. The number of amides is 3. The van der Waals surface area contributed by atoms with Gasteiger partial charge in [-0.15, -0.1) is 23.1 Å². The maximum atomic E-state index is 12.2. The fourth-order valence-corrected chi connectivity index (χ4v) is 3.14. The van der Waals surface area contributed by atoms with Crippen molar-refractivity contribution in [3.05, 3.63) is 46.7 Å². The zero-order valence-corrected chi connectivity index (χ0v) is 13.7. The van der Waals surface area contributed by atoms with Gasteiger partial charge in [0.25, 0.3) is 0 Å². The molecule has 22 heavy (non-hydrogen) atoms. The molecule has 0 saturated heterocycles. The highest BCUT2D eigenvalue weighted by molar-refractivity contribution is 7.98. The smallest absolute Gasteiger partial charge is 0.312 e. The third-order valence-corrected chi connectivity index (χ3v) is 4.70. The Morgan fingerprint density at radius 2 is 2.00 bits per heavy atom. The summed E-state index contributed by atoms with van der Waals surface area (Å²) in [4.78, 5) is 25.3. The number of carbonyl (C=O) groups is 2. The van der Waals surface area contributed by atoms with Gasteiger partial charge in [0, 0.05) is 15.5 Å². The minimum absolute atomic E-state index is 0.133. The zero-order valence-electron chi connectivity index (χ0n) is 12.0. The van der Waals surface area contributed by atoms with E-state index in [0.717, 1.165) is 15.5 Å². The number of thioether (sulfide) groups is 1. The molecule has 1 unspecified atom stereocenters. The van der Waals surface area contributed by atoms with Crippen molar-refractivity contribution in [2.24, 2.45) is 5.73 Å². The summed E-state index contributed by atoms with van der Waals surface area (Å²) < 4.78 is 0. The fourth-order valence-electron chi connectivity index (χ4n) is 1.96. The van der Waals surface area contributed by atoms with Crippen LogP contribution >= 0.6 is 23.1 Å². The second-order valence-corrected chi connectivity index (χ2v) is 6.42. The van der Waals surface area contributed by atoms with Gasteiger partial charge in [-0.3, -0.25) is 4.79 Å². The molecule has 3 amide bonds. The number of urea groups is 1. The molecule has 1 aromatic carbocycles. The van der Waals surface area contributed by atoms with E-state index in [9.17, 15) is 9.59 Å². The van der Waals surface area contributed by atoms with E-state index in [1.807, 2.05) is 48.0 Å². The molecule has 1 heterocycles. The fraction of sp³-hybridized carbons (Fsp3) is 0.200. The minimum atomic E-state index is -0.643. The topological polar surface area (TPSA) is 84.2 Å². The molecule has 2 aromatic rings. The molecule has 0 bridgehead atoms. The summed E-state index contributed by atoms with van der Waals surface area (Å²) in [5.41, 5.74) is 5.91. The Morgan fingerprint density at radius 1 is 1.27 bits per heavy atom. The Kier molecular flexibility index (Phi) is 5.85. The molecule has 0 spiro atoms. The van der Waals surface area contributed by atoms with E-state index in [4.69, 9.17) is 5.73 Å². The Labute approximate surface area is 137 Å². The maximum Gasteiger partial charge on any atom is 0.312 e. The molecule has 4 N–H and O–H groups in total. The van der Waals surface area contributed by atoms with Crippen molar-refractivity contribution >= 4 is 40.7 Å². The van der Waals surface area contributed by atoms with Crippen LogP contribution in [0.15, 0.2) is 46.7 Å². The third-order valence-electron chi connectivity index (χ3n) is 2.97. The summed E-state index contributed by atoms with van der Waals surface area (Å²) in [6, 6.07) is 10.3. The van der Waals surface area contributed by atoms with Crippen LogP contribution in [0.3, 0.4) is 0 Å². The van der Waals surface area contributed by atoms with Crippen LogP contribution in [0, 0.1) is 0 Å². The van der Waals surface area contributed by atoms with Crippen LogP contribution < -0.4 is 16.4 Å². The van der Waals surface area contributed by atoms with E-state index < -0.39 is 12.1 Å². The van der Waals surface area contributed by atoms with E-state index in [1.165, 1.54) is 11.3 Å². The summed E-state index contributed by atoms with van der Waals surface area (Å²) in [5.74, 6) is -0.177. The molecule has 0 fully saturated rings. The lowest BCUT2D eigenvalue weighted by atomic mass is 10.1. The number of nitrogens with one attached hydrogen (secondary N) is 2. The van der Waals surface area contributed by atoms with Crippen LogP contribution in [0.5, 0.6) is 0 Å². The first-order valence-electron chi connectivity index (χ1n) is 6.61.